The maximum atomic E-state index is 3.90. The molecule has 0 saturated carbocycles. The Balaban J connectivity index is 0.000000461. The van der Waals surface area contributed by atoms with E-state index in [2.05, 4.69) is 18.3 Å². The third-order valence-electron chi connectivity index (χ3n) is 1.67. The molecule has 1 aliphatic carbocycles. The Labute approximate surface area is 69.5 Å². The predicted octanol–water partition coefficient (Wildman–Crippen LogP) is 3.34. The summed E-state index contributed by atoms with van der Waals surface area (Å²) in [5.74, 6) is 0. The van der Waals surface area contributed by atoms with E-state index in [1.54, 1.807) is 0 Å². The molecular formula is C10H17N. The Bertz CT molecular complexity index is 148. The number of nitrogens with zero attached hydrogens (tertiary/aromatic N) is 1. The van der Waals surface area contributed by atoms with E-state index in [1.165, 1.54) is 12.0 Å². The Morgan fingerprint density at radius 3 is 2.36 bits per heavy atom. The molecule has 0 N–H and O–H groups in total. The molecule has 0 fully saturated rings. The first kappa shape index (κ1) is 10.2. The van der Waals surface area contributed by atoms with Crippen molar-refractivity contribution < 1.29 is 0 Å². The molecular weight excluding hydrogens is 134 g/mol. The molecule has 0 unspecified atom stereocenters. The maximum Gasteiger partial charge on any atom is 0.0428 e. The number of hydrogen-bond acceptors (Lipinski definition) is 1. The molecule has 0 spiro atoms. The van der Waals surface area contributed by atoms with Gasteiger partial charge >= 0.3 is 0 Å². The maximum absolute atomic E-state index is 3.90. The molecule has 11 heavy (non-hydrogen) atoms. The summed E-state index contributed by atoms with van der Waals surface area (Å²) < 4.78 is 0. The smallest absolute Gasteiger partial charge is 0.0428 e. The highest BCUT2D eigenvalue weighted by molar-refractivity contribution is 5.35. The fourth-order valence-electron chi connectivity index (χ4n) is 1.15. The topological polar surface area (TPSA) is 12.4 Å². The highest BCUT2D eigenvalue weighted by Gasteiger charge is 2.08. The molecule has 0 atom stereocenters. The van der Waals surface area contributed by atoms with E-state index in [1.807, 2.05) is 19.9 Å². The van der Waals surface area contributed by atoms with Crippen LogP contribution in [-0.2, 0) is 0 Å². The molecule has 0 heterocycles. The number of hydrogen-bond donors (Lipinski definition) is 0. The SMILES string of the molecule is C=CC1=C(N=C)CCC1.CC. The van der Waals surface area contributed by atoms with Crippen LogP contribution in [0, 0.1) is 0 Å². The van der Waals surface area contributed by atoms with Crippen LogP contribution in [0.4, 0.5) is 0 Å². The molecule has 1 rings (SSSR count). The molecule has 1 heteroatoms. The molecule has 0 saturated heterocycles. The van der Waals surface area contributed by atoms with Crippen molar-refractivity contribution in [2.24, 2.45) is 4.99 Å². The van der Waals surface area contributed by atoms with Crippen molar-refractivity contribution in [2.75, 3.05) is 0 Å². The normalized spacial score (nSPS) is 15.5. The van der Waals surface area contributed by atoms with Crippen molar-refractivity contribution in [3.05, 3.63) is 23.9 Å². The van der Waals surface area contributed by atoms with E-state index in [9.17, 15) is 0 Å². The van der Waals surface area contributed by atoms with Gasteiger partial charge in [0.25, 0.3) is 0 Å². The summed E-state index contributed by atoms with van der Waals surface area (Å²) in [5.41, 5.74) is 2.43. The second-order valence-electron chi connectivity index (χ2n) is 2.19. The van der Waals surface area contributed by atoms with Gasteiger partial charge < -0.3 is 0 Å². The van der Waals surface area contributed by atoms with E-state index >= 15 is 0 Å². The minimum atomic E-state index is 1.09. The molecule has 0 aromatic heterocycles. The lowest BCUT2D eigenvalue weighted by Crippen LogP contribution is -1.72. The van der Waals surface area contributed by atoms with Crippen molar-refractivity contribution in [3.8, 4) is 0 Å². The highest BCUT2D eigenvalue weighted by Crippen LogP contribution is 2.26. The fourth-order valence-corrected chi connectivity index (χ4v) is 1.15. The quantitative estimate of drug-likeness (QED) is 0.537. The average Bonchev–Trinajstić information content (AvgIpc) is 2.54. The van der Waals surface area contributed by atoms with Crippen LogP contribution < -0.4 is 0 Å². The molecule has 0 aromatic rings. The number of rotatable bonds is 2. The minimum Gasteiger partial charge on any atom is -0.269 e. The second-order valence-corrected chi connectivity index (χ2v) is 2.19. The Kier molecular flexibility index (Phi) is 5.44. The van der Waals surface area contributed by atoms with Crippen LogP contribution in [0.15, 0.2) is 28.9 Å². The first-order valence-electron chi connectivity index (χ1n) is 4.19. The van der Waals surface area contributed by atoms with Crippen LogP contribution >= 0.6 is 0 Å². The van der Waals surface area contributed by atoms with Gasteiger partial charge in [0.15, 0.2) is 0 Å². The lowest BCUT2D eigenvalue weighted by molar-refractivity contribution is 0.895. The van der Waals surface area contributed by atoms with Crippen LogP contribution in [0.2, 0.25) is 0 Å². The lowest BCUT2D eigenvalue weighted by atomic mass is 10.2. The largest absolute Gasteiger partial charge is 0.269 e. The molecule has 0 amide bonds. The summed E-state index contributed by atoms with van der Waals surface area (Å²) >= 11 is 0. The van der Waals surface area contributed by atoms with Crippen molar-refractivity contribution >= 4 is 6.72 Å². The fraction of sp³-hybridized carbons (Fsp3) is 0.500. The second kappa shape index (κ2) is 5.90. The van der Waals surface area contributed by atoms with Crippen LogP contribution in [0.5, 0.6) is 0 Å². The van der Waals surface area contributed by atoms with Crippen molar-refractivity contribution in [2.45, 2.75) is 33.1 Å². The van der Waals surface area contributed by atoms with E-state index in [-0.39, 0.29) is 0 Å². The van der Waals surface area contributed by atoms with Crippen LogP contribution in [-0.4, -0.2) is 6.72 Å². The van der Waals surface area contributed by atoms with Gasteiger partial charge in [-0.15, -0.1) is 0 Å². The van der Waals surface area contributed by atoms with E-state index in [0.29, 0.717) is 0 Å². The summed E-state index contributed by atoms with van der Waals surface area (Å²) in [6.07, 6.45) is 5.33. The van der Waals surface area contributed by atoms with E-state index in [4.69, 9.17) is 0 Å². The molecule has 62 valence electrons. The Morgan fingerprint density at radius 2 is 2.00 bits per heavy atom. The number of allylic oxidation sites excluding steroid dienone is 3. The molecule has 0 aromatic carbocycles. The van der Waals surface area contributed by atoms with Gasteiger partial charge in [-0.05, 0) is 31.6 Å². The van der Waals surface area contributed by atoms with Gasteiger partial charge in [-0.3, -0.25) is 4.99 Å². The zero-order chi connectivity index (χ0) is 8.69. The van der Waals surface area contributed by atoms with Crippen LogP contribution in [0.1, 0.15) is 33.1 Å². The monoisotopic (exact) mass is 151 g/mol. The van der Waals surface area contributed by atoms with E-state index < -0.39 is 0 Å². The minimum absolute atomic E-state index is 1.09. The molecule has 0 aliphatic heterocycles. The van der Waals surface area contributed by atoms with Crippen molar-refractivity contribution in [3.63, 3.8) is 0 Å². The summed E-state index contributed by atoms with van der Waals surface area (Å²) in [6.45, 7) is 11.2. The highest BCUT2D eigenvalue weighted by atomic mass is 14.7. The van der Waals surface area contributed by atoms with Gasteiger partial charge in [-0.25, -0.2) is 0 Å². The summed E-state index contributed by atoms with van der Waals surface area (Å²) in [4.78, 5) is 3.90. The third-order valence-corrected chi connectivity index (χ3v) is 1.67. The Hall–Kier alpha value is -0.850. The molecule has 1 aliphatic rings. The van der Waals surface area contributed by atoms with Crippen molar-refractivity contribution in [1.29, 1.82) is 0 Å². The predicted molar refractivity (Wildman–Crippen MR) is 52.0 cm³/mol. The van der Waals surface area contributed by atoms with Crippen molar-refractivity contribution in [1.82, 2.24) is 0 Å². The zero-order valence-electron chi connectivity index (χ0n) is 7.56. The van der Waals surface area contributed by atoms with Gasteiger partial charge in [-0.1, -0.05) is 26.5 Å². The van der Waals surface area contributed by atoms with Crippen LogP contribution in [0.3, 0.4) is 0 Å². The van der Waals surface area contributed by atoms with E-state index in [0.717, 1.165) is 18.5 Å². The Morgan fingerprint density at radius 1 is 1.36 bits per heavy atom. The summed E-state index contributed by atoms with van der Waals surface area (Å²) in [7, 11) is 0. The summed E-state index contributed by atoms with van der Waals surface area (Å²) in [5, 5.41) is 0. The number of aliphatic imine (C=N–C) groups is 1. The third kappa shape index (κ3) is 2.71. The average molecular weight is 151 g/mol. The van der Waals surface area contributed by atoms with Gasteiger partial charge in [0.2, 0.25) is 0 Å². The molecule has 0 bridgehead atoms. The van der Waals surface area contributed by atoms with Gasteiger partial charge in [0.1, 0.15) is 0 Å². The standard InChI is InChI=1S/C8H11N.C2H6/c1-3-7-5-4-6-8(7)9-2;1-2/h3H,1-2,4-6H2;1-2H3. The first-order valence-corrected chi connectivity index (χ1v) is 4.19. The van der Waals surface area contributed by atoms with Gasteiger partial charge in [-0.2, -0.15) is 0 Å². The zero-order valence-corrected chi connectivity index (χ0v) is 7.56. The lowest BCUT2D eigenvalue weighted by Gasteiger charge is -1.91. The first-order chi connectivity index (χ1) is 5.38. The molecule has 0 radical (unpaired) electrons. The van der Waals surface area contributed by atoms with Gasteiger partial charge in [0, 0.05) is 5.70 Å². The van der Waals surface area contributed by atoms with Gasteiger partial charge in [0.05, 0.1) is 0 Å². The van der Waals surface area contributed by atoms with Crippen LogP contribution in [0.25, 0.3) is 0 Å². The summed E-state index contributed by atoms with van der Waals surface area (Å²) in [6, 6.07) is 0. The molecule has 1 nitrogen and oxygen atoms in total.